The summed E-state index contributed by atoms with van der Waals surface area (Å²) in [6.45, 7) is 5.58. The number of nitrogens with zero attached hydrogens (tertiary/aromatic N) is 2. The lowest BCUT2D eigenvalue weighted by Gasteiger charge is -2.07. The van der Waals surface area contributed by atoms with Gasteiger partial charge >= 0.3 is 0 Å². The van der Waals surface area contributed by atoms with Crippen LogP contribution in [0.1, 0.15) is 18.9 Å². The van der Waals surface area contributed by atoms with Gasteiger partial charge in [-0.25, -0.2) is 0 Å². The van der Waals surface area contributed by atoms with E-state index in [0.717, 1.165) is 13.0 Å². The number of pyridine rings is 1. The first-order valence-corrected chi connectivity index (χ1v) is 5.62. The molecule has 0 atom stereocenters. The predicted molar refractivity (Wildman–Crippen MR) is 65.3 cm³/mol. The number of rotatable bonds is 6. The maximum Gasteiger partial charge on any atom is 0.288 e. The van der Waals surface area contributed by atoms with Crippen molar-refractivity contribution in [1.29, 1.82) is 0 Å². The molecule has 0 saturated carbocycles. The molecule has 1 aromatic rings. The lowest BCUT2D eigenvalue weighted by atomic mass is 10.2. The molecule has 94 valence electrons. The van der Waals surface area contributed by atoms with Crippen LogP contribution in [-0.4, -0.2) is 22.6 Å². The Morgan fingerprint density at radius 1 is 1.47 bits per heavy atom. The summed E-state index contributed by atoms with van der Waals surface area (Å²) in [5.41, 5.74) is 0.184. The third-order valence-corrected chi connectivity index (χ3v) is 2.46. The van der Waals surface area contributed by atoms with Gasteiger partial charge in [0.25, 0.3) is 11.2 Å². The van der Waals surface area contributed by atoms with E-state index >= 15 is 0 Å². The van der Waals surface area contributed by atoms with Gasteiger partial charge in [-0.05, 0) is 19.9 Å². The van der Waals surface area contributed by atoms with Crippen LogP contribution in [0.3, 0.4) is 0 Å². The number of hydrogen-bond acceptors (Lipinski definition) is 4. The van der Waals surface area contributed by atoms with Crippen molar-refractivity contribution in [3.05, 3.63) is 38.3 Å². The van der Waals surface area contributed by atoms with E-state index in [0.29, 0.717) is 18.7 Å². The minimum absolute atomic E-state index is 0.0138. The zero-order valence-electron chi connectivity index (χ0n) is 10.1. The number of aromatic nitrogens is 1. The van der Waals surface area contributed by atoms with Crippen LogP contribution in [-0.2, 0) is 6.54 Å². The minimum Gasteiger partial charge on any atom is -0.315 e. The van der Waals surface area contributed by atoms with Crippen LogP contribution in [0, 0.1) is 17.0 Å². The molecule has 0 aliphatic heterocycles. The summed E-state index contributed by atoms with van der Waals surface area (Å²) in [5.74, 6) is 0. The molecule has 1 heterocycles. The molecule has 0 radical (unpaired) electrons. The Kier molecular flexibility index (Phi) is 4.84. The van der Waals surface area contributed by atoms with E-state index in [9.17, 15) is 14.9 Å². The Morgan fingerprint density at radius 3 is 2.76 bits per heavy atom. The summed E-state index contributed by atoms with van der Waals surface area (Å²) in [5, 5.41) is 13.9. The van der Waals surface area contributed by atoms with Gasteiger partial charge in [0.05, 0.1) is 11.1 Å². The summed E-state index contributed by atoms with van der Waals surface area (Å²) in [6, 6.07) is 1.30. The standard InChI is InChI=1S/C11H17N3O3/c1-3-4-12-5-6-13-8-10(14(16)17)9(2)7-11(13)15/h7-8,12H,3-6H2,1-2H3. The maximum atomic E-state index is 11.6. The van der Waals surface area contributed by atoms with Gasteiger partial charge in [0, 0.05) is 24.7 Å². The molecule has 17 heavy (non-hydrogen) atoms. The van der Waals surface area contributed by atoms with Gasteiger partial charge in [-0.3, -0.25) is 14.9 Å². The van der Waals surface area contributed by atoms with Crippen LogP contribution in [0.15, 0.2) is 17.1 Å². The molecule has 6 nitrogen and oxygen atoms in total. The first-order chi connectivity index (χ1) is 8.06. The second-order valence-electron chi connectivity index (χ2n) is 3.88. The van der Waals surface area contributed by atoms with Crippen molar-refractivity contribution >= 4 is 5.69 Å². The first kappa shape index (κ1) is 13.4. The number of hydrogen-bond donors (Lipinski definition) is 1. The van der Waals surface area contributed by atoms with E-state index < -0.39 is 4.92 Å². The van der Waals surface area contributed by atoms with Crippen LogP contribution in [0.2, 0.25) is 0 Å². The Balaban J connectivity index is 2.81. The Hall–Kier alpha value is -1.69. The Morgan fingerprint density at radius 2 is 2.18 bits per heavy atom. The van der Waals surface area contributed by atoms with Crippen LogP contribution in [0.25, 0.3) is 0 Å². The number of nitrogens with one attached hydrogen (secondary N) is 1. The van der Waals surface area contributed by atoms with E-state index in [-0.39, 0.29) is 11.2 Å². The van der Waals surface area contributed by atoms with Gasteiger partial charge in [0.1, 0.15) is 0 Å². The molecule has 0 bridgehead atoms. The molecular weight excluding hydrogens is 222 g/mol. The second kappa shape index (κ2) is 6.15. The highest BCUT2D eigenvalue weighted by molar-refractivity contribution is 5.35. The molecule has 0 saturated heterocycles. The van der Waals surface area contributed by atoms with Crippen LogP contribution >= 0.6 is 0 Å². The molecule has 1 rings (SSSR count). The molecule has 6 heteroatoms. The Bertz CT molecular complexity index is 454. The van der Waals surface area contributed by atoms with Gasteiger partial charge < -0.3 is 9.88 Å². The highest BCUT2D eigenvalue weighted by Gasteiger charge is 2.12. The minimum atomic E-state index is -0.468. The fraction of sp³-hybridized carbons (Fsp3) is 0.545. The third kappa shape index (κ3) is 3.67. The van der Waals surface area contributed by atoms with E-state index in [1.165, 1.54) is 16.8 Å². The zero-order valence-corrected chi connectivity index (χ0v) is 10.1. The van der Waals surface area contributed by atoms with Crippen molar-refractivity contribution in [2.75, 3.05) is 13.1 Å². The molecule has 0 unspecified atom stereocenters. The SMILES string of the molecule is CCCNCCn1cc([N+](=O)[O-])c(C)cc1=O. The molecule has 0 spiro atoms. The van der Waals surface area contributed by atoms with E-state index in [4.69, 9.17) is 0 Å². The molecular formula is C11H17N3O3. The Labute approximate surface area is 99.4 Å². The maximum absolute atomic E-state index is 11.6. The van der Waals surface area contributed by atoms with Gasteiger partial charge in [-0.15, -0.1) is 0 Å². The summed E-state index contributed by atoms with van der Waals surface area (Å²) in [4.78, 5) is 21.9. The highest BCUT2D eigenvalue weighted by Crippen LogP contribution is 2.13. The highest BCUT2D eigenvalue weighted by atomic mass is 16.6. The van der Waals surface area contributed by atoms with Crippen LogP contribution in [0.4, 0.5) is 5.69 Å². The molecule has 0 aliphatic rings. The summed E-state index contributed by atoms with van der Waals surface area (Å²) in [7, 11) is 0. The van der Waals surface area contributed by atoms with Gasteiger partial charge in [0.15, 0.2) is 0 Å². The molecule has 0 aliphatic carbocycles. The first-order valence-electron chi connectivity index (χ1n) is 5.62. The fourth-order valence-corrected chi connectivity index (χ4v) is 1.52. The van der Waals surface area contributed by atoms with Crippen molar-refractivity contribution in [2.45, 2.75) is 26.8 Å². The topological polar surface area (TPSA) is 77.2 Å². The van der Waals surface area contributed by atoms with E-state index in [1.54, 1.807) is 6.92 Å². The summed E-state index contributed by atoms with van der Waals surface area (Å²) in [6.07, 6.45) is 2.33. The van der Waals surface area contributed by atoms with E-state index in [2.05, 4.69) is 12.2 Å². The average molecular weight is 239 g/mol. The lowest BCUT2D eigenvalue weighted by molar-refractivity contribution is -0.385. The molecule has 1 N–H and O–H groups in total. The molecule has 0 aromatic carbocycles. The van der Waals surface area contributed by atoms with Crippen molar-refractivity contribution in [3.63, 3.8) is 0 Å². The van der Waals surface area contributed by atoms with Gasteiger partial charge in [-0.2, -0.15) is 0 Å². The average Bonchev–Trinajstić information content (AvgIpc) is 2.26. The van der Waals surface area contributed by atoms with Crippen molar-refractivity contribution in [3.8, 4) is 0 Å². The molecule has 1 aromatic heterocycles. The van der Waals surface area contributed by atoms with Crippen molar-refractivity contribution in [2.24, 2.45) is 0 Å². The summed E-state index contributed by atoms with van der Waals surface area (Å²) >= 11 is 0. The van der Waals surface area contributed by atoms with Crippen molar-refractivity contribution in [1.82, 2.24) is 9.88 Å². The fourth-order valence-electron chi connectivity index (χ4n) is 1.52. The summed E-state index contributed by atoms with van der Waals surface area (Å²) < 4.78 is 1.37. The van der Waals surface area contributed by atoms with Crippen molar-refractivity contribution < 1.29 is 4.92 Å². The monoisotopic (exact) mass is 239 g/mol. The quantitative estimate of drug-likeness (QED) is 0.457. The third-order valence-electron chi connectivity index (χ3n) is 2.46. The normalized spacial score (nSPS) is 10.5. The molecule has 0 fully saturated rings. The van der Waals surface area contributed by atoms with E-state index in [1.807, 2.05) is 0 Å². The molecule has 0 amide bonds. The van der Waals surface area contributed by atoms with Gasteiger partial charge in [0.2, 0.25) is 0 Å². The predicted octanol–water partition coefficient (Wildman–Crippen LogP) is 1.06. The lowest BCUT2D eigenvalue weighted by Crippen LogP contribution is -2.27. The van der Waals surface area contributed by atoms with Crippen LogP contribution < -0.4 is 10.9 Å². The van der Waals surface area contributed by atoms with Crippen LogP contribution in [0.5, 0.6) is 0 Å². The zero-order chi connectivity index (χ0) is 12.8. The van der Waals surface area contributed by atoms with Gasteiger partial charge in [-0.1, -0.05) is 6.92 Å². The number of nitro groups is 1. The second-order valence-corrected chi connectivity index (χ2v) is 3.88. The smallest absolute Gasteiger partial charge is 0.288 e. The number of aryl methyl sites for hydroxylation is 1. The largest absolute Gasteiger partial charge is 0.315 e.